The topological polar surface area (TPSA) is 86.7 Å². The van der Waals surface area contributed by atoms with Crippen LogP contribution in [0.15, 0.2) is 77.7 Å². The Morgan fingerprint density at radius 3 is 2.40 bits per heavy atom. The predicted molar refractivity (Wildman–Crippen MR) is 117 cm³/mol. The molecule has 1 atom stereocenters. The molecule has 3 amide bonds. The highest BCUT2D eigenvalue weighted by Gasteiger charge is 2.36. The van der Waals surface area contributed by atoms with Gasteiger partial charge in [0, 0.05) is 0 Å². The van der Waals surface area contributed by atoms with E-state index >= 15 is 0 Å². The van der Waals surface area contributed by atoms with Gasteiger partial charge < -0.3 is 10.4 Å². The van der Waals surface area contributed by atoms with Crippen molar-refractivity contribution in [1.29, 1.82) is 0 Å². The van der Waals surface area contributed by atoms with Gasteiger partial charge in [-0.05, 0) is 35.4 Å². The first-order chi connectivity index (χ1) is 14.6. The van der Waals surface area contributed by atoms with Crippen LogP contribution in [0.3, 0.4) is 0 Å². The fraction of sp³-hybridized carbons (Fsp3) is 0.174. The van der Waals surface area contributed by atoms with Crippen LogP contribution in [0, 0.1) is 0 Å². The Morgan fingerprint density at radius 1 is 1.07 bits per heavy atom. The molecule has 1 fully saturated rings. The van der Waals surface area contributed by atoms with E-state index in [1.165, 1.54) is 0 Å². The average Bonchev–Trinajstić information content (AvgIpc) is 3.02. The molecule has 2 N–H and O–H groups in total. The van der Waals surface area contributed by atoms with E-state index in [9.17, 15) is 19.5 Å². The third-order valence-corrected chi connectivity index (χ3v) is 5.35. The molecule has 1 unspecified atom stereocenters. The molecule has 0 bridgehead atoms. The fourth-order valence-corrected chi connectivity index (χ4v) is 3.73. The number of aliphatic hydroxyl groups excluding tert-OH is 1. The van der Waals surface area contributed by atoms with Crippen molar-refractivity contribution in [3.63, 3.8) is 0 Å². The number of benzene rings is 2. The van der Waals surface area contributed by atoms with Gasteiger partial charge in [-0.15, -0.1) is 0 Å². The lowest BCUT2D eigenvalue weighted by Crippen LogP contribution is -2.45. The molecular formula is C23H22N2O4S. The van der Waals surface area contributed by atoms with Gasteiger partial charge in [-0.2, -0.15) is 0 Å². The van der Waals surface area contributed by atoms with Crippen molar-refractivity contribution in [3.05, 3.63) is 88.8 Å². The van der Waals surface area contributed by atoms with Gasteiger partial charge in [0.2, 0.25) is 5.91 Å². The molecule has 2 aromatic carbocycles. The summed E-state index contributed by atoms with van der Waals surface area (Å²) in [6.07, 6.45) is 5.56. The summed E-state index contributed by atoms with van der Waals surface area (Å²) in [6.45, 7) is -0.623. The molecular weight excluding hydrogens is 400 g/mol. The smallest absolute Gasteiger partial charge is 0.294 e. The van der Waals surface area contributed by atoms with Crippen molar-refractivity contribution < 1.29 is 19.5 Å². The van der Waals surface area contributed by atoms with Crippen molar-refractivity contribution in [1.82, 2.24) is 10.2 Å². The van der Waals surface area contributed by atoms with Crippen LogP contribution in [-0.4, -0.2) is 46.3 Å². The Labute approximate surface area is 179 Å². The summed E-state index contributed by atoms with van der Waals surface area (Å²) in [7, 11) is 0. The normalized spacial score (nSPS) is 16.4. The van der Waals surface area contributed by atoms with E-state index in [2.05, 4.69) is 5.32 Å². The van der Waals surface area contributed by atoms with Crippen LogP contribution in [0.2, 0.25) is 0 Å². The molecule has 3 rings (SSSR count). The number of nitrogens with one attached hydrogen (secondary N) is 1. The molecule has 7 heteroatoms. The second-order valence-electron chi connectivity index (χ2n) is 6.70. The molecule has 1 aliphatic heterocycles. The van der Waals surface area contributed by atoms with E-state index in [1.54, 1.807) is 12.2 Å². The number of thioether (sulfide) groups is 1. The lowest BCUT2D eigenvalue weighted by Gasteiger charge is -2.18. The van der Waals surface area contributed by atoms with E-state index in [4.69, 9.17) is 0 Å². The highest BCUT2D eigenvalue weighted by molar-refractivity contribution is 8.18. The van der Waals surface area contributed by atoms with E-state index in [-0.39, 0.29) is 18.1 Å². The van der Waals surface area contributed by atoms with Crippen molar-refractivity contribution in [3.8, 4) is 0 Å². The van der Waals surface area contributed by atoms with Crippen molar-refractivity contribution in [2.24, 2.45) is 0 Å². The summed E-state index contributed by atoms with van der Waals surface area (Å²) in [5, 5.41) is 11.7. The zero-order chi connectivity index (χ0) is 21.3. The van der Waals surface area contributed by atoms with Crippen molar-refractivity contribution >= 4 is 34.9 Å². The second-order valence-corrected chi connectivity index (χ2v) is 7.69. The van der Waals surface area contributed by atoms with Crippen LogP contribution in [0.5, 0.6) is 0 Å². The van der Waals surface area contributed by atoms with E-state index in [0.717, 1.165) is 27.8 Å². The van der Waals surface area contributed by atoms with Gasteiger partial charge in [-0.25, -0.2) is 0 Å². The minimum atomic E-state index is -0.499. The molecule has 1 saturated heterocycles. The third-order valence-electron chi connectivity index (χ3n) is 4.42. The minimum absolute atomic E-state index is 0.243. The number of carbonyl (C=O) groups excluding carboxylic acids is 3. The zero-order valence-corrected chi connectivity index (χ0v) is 17.0. The first-order valence-electron chi connectivity index (χ1n) is 9.48. The monoisotopic (exact) mass is 422 g/mol. The van der Waals surface area contributed by atoms with Gasteiger partial charge >= 0.3 is 0 Å². The molecule has 30 heavy (non-hydrogen) atoms. The molecule has 6 nitrogen and oxygen atoms in total. The largest absolute Gasteiger partial charge is 0.394 e. The molecule has 154 valence electrons. The van der Waals surface area contributed by atoms with E-state index < -0.39 is 23.1 Å². The highest BCUT2D eigenvalue weighted by atomic mass is 32.2. The number of nitrogens with zero attached hydrogens (tertiary/aromatic N) is 1. The molecule has 0 aromatic heterocycles. The number of allylic oxidation sites excluding steroid dienone is 2. The Hall–Kier alpha value is -3.16. The lowest BCUT2D eigenvalue weighted by atomic mass is 10.1. The van der Waals surface area contributed by atoms with Crippen LogP contribution in [0.1, 0.15) is 11.1 Å². The summed E-state index contributed by atoms with van der Waals surface area (Å²) in [4.78, 5) is 38.2. The molecule has 1 heterocycles. The van der Waals surface area contributed by atoms with Gasteiger partial charge in [-0.3, -0.25) is 19.3 Å². The van der Waals surface area contributed by atoms with Gasteiger partial charge in [0.05, 0.1) is 17.6 Å². The molecule has 0 radical (unpaired) electrons. The first kappa shape index (κ1) is 21.5. The Balaban J connectivity index is 1.57. The van der Waals surface area contributed by atoms with Crippen LogP contribution in [-0.2, 0) is 16.0 Å². The first-order valence-corrected chi connectivity index (χ1v) is 10.3. The van der Waals surface area contributed by atoms with Crippen LogP contribution < -0.4 is 5.32 Å². The van der Waals surface area contributed by atoms with Crippen molar-refractivity contribution in [2.75, 3.05) is 13.2 Å². The Bertz CT molecular complexity index is 958. The van der Waals surface area contributed by atoms with Gasteiger partial charge in [0.25, 0.3) is 11.1 Å². The Kier molecular flexibility index (Phi) is 7.59. The number of rotatable bonds is 8. The average molecular weight is 423 g/mol. The van der Waals surface area contributed by atoms with Crippen LogP contribution >= 0.6 is 11.8 Å². The van der Waals surface area contributed by atoms with Gasteiger partial charge in [-0.1, -0.05) is 72.8 Å². The quantitative estimate of drug-likeness (QED) is 0.639. The predicted octanol–water partition coefficient (Wildman–Crippen LogP) is 3.00. The maximum absolute atomic E-state index is 12.5. The number of imide groups is 1. The minimum Gasteiger partial charge on any atom is -0.394 e. The summed E-state index contributed by atoms with van der Waals surface area (Å²) in [5.74, 6) is -0.991. The van der Waals surface area contributed by atoms with Crippen molar-refractivity contribution in [2.45, 2.75) is 12.5 Å². The van der Waals surface area contributed by atoms with E-state index in [0.29, 0.717) is 6.42 Å². The number of hydrogen-bond acceptors (Lipinski definition) is 5. The van der Waals surface area contributed by atoms with Gasteiger partial charge in [0.15, 0.2) is 0 Å². The standard InChI is InChI=1S/C23H22N2O4S/c26-16-19(14-18-10-5-2-6-11-18)24-21(27)15-25-22(28)20(30-23(25)29)13-7-12-17-8-3-1-4-9-17/h1-13,19,26H,14-16H2,(H,24,27)/b12-7+,20-13+. The summed E-state index contributed by atoms with van der Waals surface area (Å²) in [5.41, 5.74) is 1.94. The number of aliphatic hydroxyl groups is 1. The zero-order valence-electron chi connectivity index (χ0n) is 16.2. The molecule has 0 spiro atoms. The number of amides is 3. The summed E-state index contributed by atoms with van der Waals surface area (Å²) < 4.78 is 0. The lowest BCUT2D eigenvalue weighted by molar-refractivity contribution is -0.129. The van der Waals surface area contributed by atoms with Crippen LogP contribution in [0.25, 0.3) is 6.08 Å². The maximum Gasteiger partial charge on any atom is 0.294 e. The summed E-state index contributed by atoms with van der Waals surface area (Å²) >= 11 is 0.804. The maximum atomic E-state index is 12.5. The SMILES string of the molecule is O=C(CN1C(=O)S/C(=C/C=C/c2ccccc2)C1=O)NC(CO)Cc1ccccc1. The van der Waals surface area contributed by atoms with E-state index in [1.807, 2.05) is 66.7 Å². The Morgan fingerprint density at radius 2 is 1.73 bits per heavy atom. The summed E-state index contributed by atoms with van der Waals surface area (Å²) in [6, 6.07) is 18.5. The highest BCUT2D eigenvalue weighted by Crippen LogP contribution is 2.30. The number of hydrogen-bond donors (Lipinski definition) is 2. The number of carbonyl (C=O) groups is 3. The molecule has 2 aromatic rings. The molecule has 1 aliphatic rings. The van der Waals surface area contributed by atoms with Crippen LogP contribution in [0.4, 0.5) is 4.79 Å². The molecule has 0 aliphatic carbocycles. The van der Waals surface area contributed by atoms with Gasteiger partial charge in [0.1, 0.15) is 6.54 Å². The fourth-order valence-electron chi connectivity index (χ4n) is 2.94. The second kappa shape index (κ2) is 10.6. The molecule has 0 saturated carbocycles. The third kappa shape index (κ3) is 5.92.